The highest BCUT2D eigenvalue weighted by Gasteiger charge is 2.32. The molecule has 0 saturated heterocycles. The number of benzene rings is 1. The Bertz CT molecular complexity index is 1120. The van der Waals surface area contributed by atoms with Gasteiger partial charge in [-0.1, -0.05) is 0 Å². The highest BCUT2D eigenvalue weighted by molar-refractivity contribution is 7.87. The number of fused-ring (bicyclic) bond motifs is 1. The van der Waals surface area contributed by atoms with E-state index in [1.54, 1.807) is 0 Å². The molecule has 2 aromatic rings. The van der Waals surface area contributed by atoms with Crippen LogP contribution in [0.4, 0.5) is 0 Å². The van der Waals surface area contributed by atoms with Crippen molar-refractivity contribution in [1.82, 2.24) is 9.55 Å². The molecule has 11 nitrogen and oxygen atoms in total. The summed E-state index contributed by atoms with van der Waals surface area (Å²) >= 11 is 0. The van der Waals surface area contributed by atoms with E-state index >= 15 is 0 Å². The normalized spacial score (nSPS) is 16.0. The lowest BCUT2D eigenvalue weighted by Crippen LogP contribution is -2.27. The molecule has 3 N–H and O–H groups in total. The van der Waals surface area contributed by atoms with Gasteiger partial charge in [0.25, 0.3) is 30.4 Å². The second-order valence-electron chi connectivity index (χ2n) is 5.31. The molecule has 2 rings (SSSR count). The Kier molecular flexibility index (Phi) is 4.97. The summed E-state index contributed by atoms with van der Waals surface area (Å²) in [5.41, 5.74) is 0.0563. The van der Waals surface area contributed by atoms with Crippen molar-refractivity contribution in [3.05, 3.63) is 24.5 Å². The van der Waals surface area contributed by atoms with E-state index in [2.05, 4.69) is 4.98 Å². The third-order valence-corrected chi connectivity index (χ3v) is 6.71. The maximum absolute atomic E-state index is 11.7. The molecule has 0 fully saturated rings. The van der Waals surface area contributed by atoms with Gasteiger partial charge in [-0.15, -0.1) is 0 Å². The quantitative estimate of drug-likeness (QED) is 0.557. The molecular formula is C11H14N2O9S3. The third kappa shape index (κ3) is 4.34. The first-order valence-corrected chi connectivity index (χ1v) is 11.0. The van der Waals surface area contributed by atoms with E-state index in [0.717, 1.165) is 36.0 Å². The fourth-order valence-corrected chi connectivity index (χ4v) is 4.22. The molecule has 0 spiro atoms. The number of hydrogen-bond acceptors (Lipinski definition) is 7. The van der Waals surface area contributed by atoms with Gasteiger partial charge in [-0.05, 0) is 25.1 Å². The maximum Gasteiger partial charge on any atom is 0.294 e. The first-order valence-electron chi connectivity index (χ1n) is 6.58. The largest absolute Gasteiger partial charge is 0.310 e. The topological polar surface area (TPSA) is 181 Å². The molecule has 1 aromatic heterocycles. The zero-order chi connectivity index (χ0) is 19.2. The van der Waals surface area contributed by atoms with E-state index in [4.69, 9.17) is 9.11 Å². The van der Waals surface area contributed by atoms with Crippen molar-refractivity contribution in [3.8, 4) is 0 Å². The van der Waals surface area contributed by atoms with Crippen LogP contribution in [0.2, 0.25) is 0 Å². The van der Waals surface area contributed by atoms with Gasteiger partial charge in [-0.2, -0.15) is 25.3 Å². The Morgan fingerprint density at radius 3 is 2.12 bits per heavy atom. The molecule has 0 saturated carbocycles. The fourth-order valence-electron chi connectivity index (χ4n) is 2.19. The maximum atomic E-state index is 11.7. The number of aromatic nitrogens is 2. The van der Waals surface area contributed by atoms with Crippen molar-refractivity contribution in [2.45, 2.75) is 28.9 Å². The van der Waals surface area contributed by atoms with Crippen LogP contribution in [-0.4, -0.2) is 53.7 Å². The van der Waals surface area contributed by atoms with Crippen LogP contribution in [-0.2, 0) is 30.4 Å². The predicted octanol–water partition coefficient (Wildman–Crippen LogP) is 0.336. The molecule has 0 aliphatic carbocycles. The standard InChI is InChI=1S/C11H14N2O9S3/c1-7(23(14,15)16)4-11(25(20,21)22)13-6-12-9-5-8(24(17,18)19)2-3-10(9)13/h2-3,5-7,11H,4H2,1H3,(H,14,15,16)(H,17,18,19)(H,20,21,22). The highest BCUT2D eigenvalue weighted by atomic mass is 32.2. The molecule has 2 atom stereocenters. The van der Waals surface area contributed by atoms with E-state index in [0.29, 0.717) is 0 Å². The summed E-state index contributed by atoms with van der Waals surface area (Å²) in [5, 5.41) is -3.29. The molecule has 0 bridgehead atoms. The van der Waals surface area contributed by atoms with Gasteiger partial charge in [0.1, 0.15) is 0 Å². The lowest BCUT2D eigenvalue weighted by Gasteiger charge is -2.19. The number of rotatable bonds is 6. The molecule has 1 aromatic carbocycles. The predicted molar refractivity (Wildman–Crippen MR) is 85.8 cm³/mol. The summed E-state index contributed by atoms with van der Waals surface area (Å²) in [6.45, 7) is 1.06. The van der Waals surface area contributed by atoms with Gasteiger partial charge in [0.15, 0.2) is 5.37 Å². The Hall–Kier alpha value is -1.58. The third-order valence-electron chi connectivity index (χ3n) is 3.54. The van der Waals surface area contributed by atoms with Crippen molar-refractivity contribution < 1.29 is 38.9 Å². The molecule has 0 aliphatic rings. The van der Waals surface area contributed by atoms with Crippen molar-refractivity contribution in [2.24, 2.45) is 0 Å². The average molecular weight is 414 g/mol. The van der Waals surface area contributed by atoms with Crippen LogP contribution < -0.4 is 0 Å². The van der Waals surface area contributed by atoms with Crippen LogP contribution in [0.5, 0.6) is 0 Å². The van der Waals surface area contributed by atoms with Gasteiger partial charge in [-0.3, -0.25) is 13.7 Å². The Morgan fingerprint density at radius 2 is 1.64 bits per heavy atom. The molecule has 0 amide bonds. The van der Waals surface area contributed by atoms with Gasteiger partial charge in [-0.25, -0.2) is 4.98 Å². The van der Waals surface area contributed by atoms with Gasteiger partial charge in [0, 0.05) is 6.42 Å². The lowest BCUT2D eigenvalue weighted by atomic mass is 10.3. The van der Waals surface area contributed by atoms with Crippen molar-refractivity contribution in [3.63, 3.8) is 0 Å². The molecule has 0 aliphatic heterocycles. The van der Waals surface area contributed by atoms with Crippen LogP contribution in [0.25, 0.3) is 11.0 Å². The van der Waals surface area contributed by atoms with E-state index < -0.39 is 52.3 Å². The summed E-state index contributed by atoms with van der Waals surface area (Å²) in [5.74, 6) is 0. The SMILES string of the molecule is CC(CC(n1cnc2cc(S(=O)(=O)O)ccc21)S(=O)(=O)O)S(=O)(=O)O. The Morgan fingerprint density at radius 1 is 1.04 bits per heavy atom. The second kappa shape index (κ2) is 6.30. The minimum atomic E-state index is -4.79. The van der Waals surface area contributed by atoms with Gasteiger partial charge >= 0.3 is 0 Å². The van der Waals surface area contributed by atoms with Gasteiger partial charge in [0.05, 0.1) is 27.5 Å². The Balaban J connectivity index is 2.59. The van der Waals surface area contributed by atoms with Crippen LogP contribution in [0, 0.1) is 0 Å². The van der Waals surface area contributed by atoms with Crippen molar-refractivity contribution >= 4 is 41.4 Å². The molecule has 25 heavy (non-hydrogen) atoms. The molecular weight excluding hydrogens is 400 g/mol. The van der Waals surface area contributed by atoms with E-state index in [1.165, 1.54) is 0 Å². The average Bonchev–Trinajstić information content (AvgIpc) is 2.83. The highest BCUT2D eigenvalue weighted by Crippen LogP contribution is 2.28. The summed E-state index contributed by atoms with van der Waals surface area (Å²) in [6.07, 6.45) is 0.288. The van der Waals surface area contributed by atoms with Crippen LogP contribution >= 0.6 is 0 Å². The lowest BCUT2D eigenvalue weighted by molar-refractivity contribution is 0.426. The smallest absolute Gasteiger partial charge is 0.294 e. The zero-order valence-electron chi connectivity index (χ0n) is 12.6. The first-order chi connectivity index (χ1) is 11.2. The summed E-state index contributed by atoms with van der Waals surface area (Å²) in [4.78, 5) is 3.32. The number of imidazole rings is 1. The van der Waals surface area contributed by atoms with E-state index in [1.807, 2.05) is 0 Å². The van der Waals surface area contributed by atoms with E-state index in [9.17, 15) is 29.8 Å². The van der Waals surface area contributed by atoms with Gasteiger partial charge < -0.3 is 4.57 Å². The van der Waals surface area contributed by atoms with Crippen molar-refractivity contribution in [2.75, 3.05) is 0 Å². The van der Waals surface area contributed by atoms with E-state index in [-0.39, 0.29) is 11.0 Å². The minimum Gasteiger partial charge on any atom is -0.310 e. The van der Waals surface area contributed by atoms with Crippen LogP contribution in [0.15, 0.2) is 29.4 Å². The number of nitrogens with zero attached hydrogens (tertiary/aromatic N) is 2. The monoisotopic (exact) mass is 414 g/mol. The molecule has 0 radical (unpaired) electrons. The molecule has 140 valence electrons. The second-order valence-corrected chi connectivity index (χ2v) is 10.1. The van der Waals surface area contributed by atoms with Crippen molar-refractivity contribution in [1.29, 1.82) is 0 Å². The fraction of sp³-hybridized carbons (Fsp3) is 0.364. The summed E-state index contributed by atoms with van der Waals surface area (Å²) in [6, 6.07) is 3.11. The minimum absolute atomic E-state index is 0.0108. The van der Waals surface area contributed by atoms with Gasteiger partial charge in [0.2, 0.25) is 0 Å². The molecule has 1 heterocycles. The van der Waals surface area contributed by atoms with Crippen LogP contribution in [0.3, 0.4) is 0 Å². The molecule has 2 unspecified atom stereocenters. The summed E-state index contributed by atoms with van der Waals surface area (Å²) in [7, 11) is -13.8. The molecule has 14 heteroatoms. The zero-order valence-corrected chi connectivity index (χ0v) is 15.0. The summed E-state index contributed by atoms with van der Waals surface area (Å²) < 4.78 is 96.2. The van der Waals surface area contributed by atoms with Crippen LogP contribution in [0.1, 0.15) is 18.7 Å². The first kappa shape index (κ1) is 19.7. The number of hydrogen-bond donors (Lipinski definition) is 3. The Labute approximate surface area is 143 Å².